The number of ether oxygens (including phenoxy) is 3. The van der Waals surface area contributed by atoms with E-state index in [0.717, 1.165) is 0 Å². The first kappa shape index (κ1) is 15.2. The number of carbonyl (C=O) groups is 1. The van der Waals surface area contributed by atoms with Gasteiger partial charge in [-0.25, -0.2) is 4.79 Å². The molecule has 0 amide bonds. The minimum absolute atomic E-state index is 0.303. The predicted octanol–water partition coefficient (Wildman–Crippen LogP) is 3.89. The first-order valence-corrected chi connectivity index (χ1v) is 7.03. The van der Waals surface area contributed by atoms with Crippen molar-refractivity contribution in [3.8, 4) is 0 Å². The molecule has 0 spiro atoms. The SMILES string of the molecule is C=C(C)C(=O)OC(CC)(OC1=CC=CC1)OC1=CC=CC1. The van der Waals surface area contributed by atoms with E-state index in [0.29, 0.717) is 36.4 Å². The maximum atomic E-state index is 11.9. The van der Waals surface area contributed by atoms with E-state index < -0.39 is 11.9 Å². The van der Waals surface area contributed by atoms with Crippen LogP contribution in [0.5, 0.6) is 0 Å². The minimum atomic E-state index is -1.45. The van der Waals surface area contributed by atoms with Gasteiger partial charge in [-0.15, -0.1) is 0 Å². The molecular weight excluding hydrogens is 268 g/mol. The van der Waals surface area contributed by atoms with E-state index in [1.54, 1.807) is 6.92 Å². The van der Waals surface area contributed by atoms with Crippen LogP contribution in [0.1, 0.15) is 33.1 Å². The van der Waals surface area contributed by atoms with Crippen LogP contribution in [0.4, 0.5) is 0 Å². The molecule has 0 saturated heterocycles. The third-order valence-electron chi connectivity index (χ3n) is 3.08. The fourth-order valence-electron chi connectivity index (χ4n) is 1.91. The van der Waals surface area contributed by atoms with Gasteiger partial charge in [0.15, 0.2) is 0 Å². The Balaban J connectivity index is 2.16. The monoisotopic (exact) mass is 288 g/mol. The standard InChI is InChI=1S/C17H20O4/c1-4-17(21-16(18)13(2)3,19-14-9-5-6-10-14)20-15-11-7-8-12-15/h5-9,11H,2,4,10,12H2,1,3H3. The second kappa shape index (κ2) is 6.48. The minimum Gasteiger partial charge on any atom is -0.425 e. The third-order valence-corrected chi connectivity index (χ3v) is 3.08. The average Bonchev–Trinajstić information content (AvgIpc) is 3.12. The van der Waals surface area contributed by atoms with Crippen molar-refractivity contribution in [1.82, 2.24) is 0 Å². The van der Waals surface area contributed by atoms with Crippen molar-refractivity contribution in [3.63, 3.8) is 0 Å². The lowest BCUT2D eigenvalue weighted by Crippen LogP contribution is -2.40. The number of carbonyl (C=O) groups excluding carboxylic acids is 1. The van der Waals surface area contributed by atoms with Crippen molar-refractivity contribution in [2.24, 2.45) is 0 Å². The molecule has 0 fully saturated rings. The second-order valence-electron chi connectivity index (χ2n) is 4.94. The van der Waals surface area contributed by atoms with Gasteiger partial charge in [0, 0.05) is 18.4 Å². The van der Waals surface area contributed by atoms with Crippen LogP contribution in [0, 0.1) is 0 Å². The smallest absolute Gasteiger partial charge is 0.418 e. The van der Waals surface area contributed by atoms with Crippen LogP contribution in [0.25, 0.3) is 0 Å². The Morgan fingerprint density at radius 2 is 1.71 bits per heavy atom. The zero-order chi connectivity index (χ0) is 15.3. The van der Waals surface area contributed by atoms with E-state index in [1.807, 2.05) is 43.4 Å². The Kier molecular flexibility index (Phi) is 4.68. The maximum Gasteiger partial charge on any atom is 0.418 e. The van der Waals surface area contributed by atoms with Crippen LogP contribution >= 0.6 is 0 Å². The number of allylic oxidation sites excluding steroid dienone is 6. The number of hydrogen-bond acceptors (Lipinski definition) is 4. The highest BCUT2D eigenvalue weighted by Crippen LogP contribution is 2.31. The summed E-state index contributed by atoms with van der Waals surface area (Å²) in [4.78, 5) is 11.9. The number of esters is 1. The zero-order valence-corrected chi connectivity index (χ0v) is 12.4. The van der Waals surface area contributed by atoms with Gasteiger partial charge in [0.25, 0.3) is 0 Å². The van der Waals surface area contributed by atoms with E-state index in [2.05, 4.69) is 6.58 Å². The molecule has 21 heavy (non-hydrogen) atoms. The molecule has 0 bridgehead atoms. The van der Waals surface area contributed by atoms with Gasteiger partial charge in [-0.3, -0.25) is 0 Å². The van der Waals surface area contributed by atoms with Gasteiger partial charge >= 0.3 is 11.9 Å². The summed E-state index contributed by atoms with van der Waals surface area (Å²) < 4.78 is 17.2. The molecule has 0 N–H and O–H groups in total. The van der Waals surface area contributed by atoms with Crippen molar-refractivity contribution in [1.29, 1.82) is 0 Å². The van der Waals surface area contributed by atoms with Gasteiger partial charge in [-0.05, 0) is 19.1 Å². The average molecular weight is 288 g/mol. The zero-order valence-electron chi connectivity index (χ0n) is 12.4. The van der Waals surface area contributed by atoms with Crippen molar-refractivity contribution in [2.75, 3.05) is 0 Å². The molecule has 0 radical (unpaired) electrons. The van der Waals surface area contributed by atoms with Gasteiger partial charge in [-0.2, -0.15) is 0 Å². The first-order valence-electron chi connectivity index (χ1n) is 7.03. The Morgan fingerprint density at radius 1 is 1.19 bits per heavy atom. The van der Waals surface area contributed by atoms with E-state index in [9.17, 15) is 4.79 Å². The molecule has 0 aromatic heterocycles. The van der Waals surface area contributed by atoms with Gasteiger partial charge in [0.2, 0.25) is 0 Å². The van der Waals surface area contributed by atoms with Gasteiger partial charge in [0.05, 0.1) is 6.42 Å². The molecule has 112 valence electrons. The summed E-state index contributed by atoms with van der Waals surface area (Å²) in [6.45, 7) is 7.04. The van der Waals surface area contributed by atoms with E-state index >= 15 is 0 Å². The molecule has 4 nitrogen and oxygen atoms in total. The van der Waals surface area contributed by atoms with Crippen molar-refractivity contribution in [2.45, 2.75) is 39.1 Å². The lowest BCUT2D eigenvalue weighted by molar-refractivity contribution is -0.333. The van der Waals surface area contributed by atoms with E-state index in [1.165, 1.54) is 0 Å². The lowest BCUT2D eigenvalue weighted by Gasteiger charge is -2.33. The Hall–Kier alpha value is -2.23. The highest BCUT2D eigenvalue weighted by Gasteiger charge is 2.40. The van der Waals surface area contributed by atoms with Crippen LogP contribution < -0.4 is 0 Å². The van der Waals surface area contributed by atoms with E-state index in [-0.39, 0.29) is 0 Å². The molecule has 2 aliphatic carbocycles. The maximum absolute atomic E-state index is 11.9. The predicted molar refractivity (Wildman–Crippen MR) is 79.8 cm³/mol. The van der Waals surface area contributed by atoms with Crippen LogP contribution in [0.15, 0.2) is 60.1 Å². The van der Waals surface area contributed by atoms with Crippen LogP contribution in [0.2, 0.25) is 0 Å². The molecule has 0 aromatic rings. The van der Waals surface area contributed by atoms with Crippen molar-refractivity contribution in [3.05, 3.63) is 60.1 Å². The molecule has 4 heteroatoms. The first-order chi connectivity index (χ1) is 10.0. The van der Waals surface area contributed by atoms with Crippen molar-refractivity contribution >= 4 is 5.97 Å². The summed E-state index contributed by atoms with van der Waals surface area (Å²) in [6.07, 6.45) is 13.1. The summed E-state index contributed by atoms with van der Waals surface area (Å²) in [6, 6.07) is 0. The molecule has 0 saturated carbocycles. The number of rotatable bonds is 7. The molecule has 2 rings (SSSR count). The summed E-state index contributed by atoms with van der Waals surface area (Å²) >= 11 is 0. The van der Waals surface area contributed by atoms with Crippen LogP contribution in [0.3, 0.4) is 0 Å². The fraction of sp³-hybridized carbons (Fsp3) is 0.353. The van der Waals surface area contributed by atoms with Gasteiger partial charge < -0.3 is 14.2 Å². The summed E-state index contributed by atoms with van der Waals surface area (Å²) in [5.41, 5.74) is 0.303. The topological polar surface area (TPSA) is 44.8 Å². The Bertz CT molecular complexity index is 509. The molecule has 0 heterocycles. The molecule has 0 unspecified atom stereocenters. The highest BCUT2D eigenvalue weighted by molar-refractivity contribution is 5.87. The summed E-state index contributed by atoms with van der Waals surface area (Å²) in [5.74, 6) is -0.572. The summed E-state index contributed by atoms with van der Waals surface area (Å²) in [5, 5.41) is 0. The highest BCUT2D eigenvalue weighted by atomic mass is 16.9. The third kappa shape index (κ3) is 3.88. The van der Waals surface area contributed by atoms with Crippen molar-refractivity contribution < 1.29 is 19.0 Å². The quantitative estimate of drug-likeness (QED) is 0.405. The number of hydrogen-bond donors (Lipinski definition) is 0. The normalized spacial score (nSPS) is 16.5. The molecule has 0 atom stereocenters. The molecule has 0 aromatic carbocycles. The molecular formula is C17H20O4. The van der Waals surface area contributed by atoms with Crippen LogP contribution in [-0.4, -0.2) is 11.9 Å². The molecule has 0 aliphatic heterocycles. The van der Waals surface area contributed by atoms with E-state index in [4.69, 9.17) is 14.2 Å². The van der Waals surface area contributed by atoms with Crippen LogP contribution in [-0.2, 0) is 19.0 Å². The largest absolute Gasteiger partial charge is 0.425 e. The Morgan fingerprint density at radius 3 is 2.05 bits per heavy atom. The Labute approximate surface area is 125 Å². The van der Waals surface area contributed by atoms with Gasteiger partial charge in [-0.1, -0.05) is 37.8 Å². The van der Waals surface area contributed by atoms with Gasteiger partial charge in [0.1, 0.15) is 11.5 Å². The fourth-order valence-corrected chi connectivity index (χ4v) is 1.91. The lowest BCUT2D eigenvalue weighted by atomic mass is 10.3. The summed E-state index contributed by atoms with van der Waals surface area (Å²) in [7, 11) is 0. The second-order valence-corrected chi connectivity index (χ2v) is 4.94. The molecule has 2 aliphatic rings.